The fraction of sp³-hybridized carbons (Fsp3) is 0.733. The summed E-state index contributed by atoms with van der Waals surface area (Å²) >= 11 is 0. The number of oxazole rings is 1. The van der Waals surface area contributed by atoms with E-state index in [1.165, 1.54) is 6.26 Å². The predicted octanol–water partition coefficient (Wildman–Crippen LogP) is 1.17. The largest absolute Gasteiger partial charge is 0.448 e. The Bertz CT molecular complexity index is 508. The standard InChI is InChI=1S/C15H23N3O3/c1-3-4-13-16-12(9-21-13)14(19)18-7-6-17(2)15(10-18)5-8-20-11-15/h9H,3-8,10-11H2,1-2H3. The maximum Gasteiger partial charge on any atom is 0.275 e. The molecule has 1 amide bonds. The summed E-state index contributed by atoms with van der Waals surface area (Å²) in [4.78, 5) is 21.1. The van der Waals surface area contributed by atoms with Crippen LogP contribution in [0.15, 0.2) is 10.7 Å². The van der Waals surface area contributed by atoms with E-state index in [0.717, 1.165) is 39.0 Å². The SMILES string of the molecule is CCCc1nc(C(=O)N2CCN(C)C3(CCOC3)C2)co1. The van der Waals surface area contributed by atoms with Gasteiger partial charge in [-0.1, -0.05) is 6.92 Å². The van der Waals surface area contributed by atoms with Crippen molar-refractivity contribution in [2.24, 2.45) is 0 Å². The molecule has 1 spiro atoms. The molecule has 116 valence electrons. The molecule has 0 saturated carbocycles. The van der Waals surface area contributed by atoms with Gasteiger partial charge in [-0.25, -0.2) is 4.98 Å². The molecule has 6 heteroatoms. The molecule has 21 heavy (non-hydrogen) atoms. The van der Waals surface area contributed by atoms with Crippen molar-refractivity contribution >= 4 is 5.91 Å². The zero-order valence-corrected chi connectivity index (χ0v) is 12.8. The van der Waals surface area contributed by atoms with Gasteiger partial charge in [0.25, 0.3) is 5.91 Å². The second kappa shape index (κ2) is 5.77. The van der Waals surface area contributed by atoms with Crippen LogP contribution in [-0.2, 0) is 11.2 Å². The molecule has 3 heterocycles. The van der Waals surface area contributed by atoms with Crippen LogP contribution in [0.2, 0.25) is 0 Å². The number of piperazine rings is 1. The van der Waals surface area contributed by atoms with Crippen molar-refractivity contribution in [3.8, 4) is 0 Å². The normalized spacial score (nSPS) is 26.7. The lowest BCUT2D eigenvalue weighted by atomic mass is 9.93. The molecule has 3 rings (SSSR count). The van der Waals surface area contributed by atoms with Gasteiger partial charge < -0.3 is 14.1 Å². The van der Waals surface area contributed by atoms with E-state index >= 15 is 0 Å². The van der Waals surface area contributed by atoms with Gasteiger partial charge in [0.1, 0.15) is 6.26 Å². The molecule has 0 aliphatic carbocycles. The molecule has 0 radical (unpaired) electrons. The maximum atomic E-state index is 12.6. The summed E-state index contributed by atoms with van der Waals surface area (Å²) in [7, 11) is 2.12. The van der Waals surface area contributed by atoms with Crippen LogP contribution in [0.4, 0.5) is 0 Å². The molecule has 2 aliphatic rings. The van der Waals surface area contributed by atoms with Gasteiger partial charge in [-0.3, -0.25) is 9.69 Å². The summed E-state index contributed by atoms with van der Waals surface area (Å²) in [6, 6.07) is 0. The van der Waals surface area contributed by atoms with E-state index in [1.807, 2.05) is 4.90 Å². The van der Waals surface area contributed by atoms with E-state index in [-0.39, 0.29) is 11.4 Å². The van der Waals surface area contributed by atoms with E-state index in [2.05, 4.69) is 23.9 Å². The number of carbonyl (C=O) groups is 1. The Morgan fingerprint density at radius 2 is 2.33 bits per heavy atom. The van der Waals surface area contributed by atoms with Gasteiger partial charge in [0.2, 0.25) is 0 Å². The first-order valence-electron chi connectivity index (χ1n) is 7.67. The summed E-state index contributed by atoms with van der Waals surface area (Å²) in [5.74, 6) is 0.620. The van der Waals surface area contributed by atoms with Gasteiger partial charge in [0, 0.05) is 32.7 Å². The highest BCUT2D eigenvalue weighted by Gasteiger charge is 2.44. The van der Waals surface area contributed by atoms with Crippen molar-refractivity contribution in [3.05, 3.63) is 17.8 Å². The summed E-state index contributed by atoms with van der Waals surface area (Å²) in [6.07, 6.45) is 4.20. The van der Waals surface area contributed by atoms with Crippen molar-refractivity contribution in [2.45, 2.75) is 31.7 Å². The number of likely N-dealkylation sites (N-methyl/N-ethyl adjacent to an activating group) is 1. The van der Waals surface area contributed by atoms with Crippen molar-refractivity contribution in [1.82, 2.24) is 14.8 Å². The predicted molar refractivity (Wildman–Crippen MR) is 77.2 cm³/mol. The number of amides is 1. The maximum absolute atomic E-state index is 12.6. The van der Waals surface area contributed by atoms with Crippen LogP contribution in [0, 0.1) is 0 Å². The van der Waals surface area contributed by atoms with Crippen LogP contribution in [0.25, 0.3) is 0 Å². The Labute approximate surface area is 125 Å². The Morgan fingerprint density at radius 3 is 3.05 bits per heavy atom. The smallest absolute Gasteiger partial charge is 0.275 e. The molecule has 0 N–H and O–H groups in total. The summed E-state index contributed by atoms with van der Waals surface area (Å²) in [6.45, 7) is 5.85. The molecular weight excluding hydrogens is 270 g/mol. The van der Waals surface area contributed by atoms with Gasteiger partial charge >= 0.3 is 0 Å². The number of nitrogens with zero attached hydrogens (tertiary/aromatic N) is 3. The lowest BCUT2D eigenvalue weighted by molar-refractivity contribution is 0.00897. The second-order valence-corrected chi connectivity index (χ2v) is 6.05. The van der Waals surface area contributed by atoms with Crippen LogP contribution in [0.1, 0.15) is 36.1 Å². The molecule has 1 aromatic rings. The average molecular weight is 293 g/mol. The topological polar surface area (TPSA) is 58.8 Å². The third kappa shape index (κ3) is 2.70. The highest BCUT2D eigenvalue weighted by molar-refractivity contribution is 5.92. The fourth-order valence-corrected chi connectivity index (χ4v) is 3.16. The minimum atomic E-state index is -0.0273. The van der Waals surface area contributed by atoms with E-state index in [4.69, 9.17) is 9.15 Å². The average Bonchev–Trinajstić information content (AvgIpc) is 3.12. The lowest BCUT2D eigenvalue weighted by Gasteiger charge is -2.46. The zero-order chi connectivity index (χ0) is 14.9. The molecule has 2 saturated heterocycles. The Morgan fingerprint density at radius 1 is 1.48 bits per heavy atom. The number of hydrogen-bond acceptors (Lipinski definition) is 5. The highest BCUT2D eigenvalue weighted by atomic mass is 16.5. The Hall–Kier alpha value is -1.40. The number of hydrogen-bond donors (Lipinski definition) is 0. The first-order valence-corrected chi connectivity index (χ1v) is 7.67. The Balaban J connectivity index is 1.72. The molecule has 2 fully saturated rings. The second-order valence-electron chi connectivity index (χ2n) is 6.05. The molecular formula is C15H23N3O3. The van der Waals surface area contributed by atoms with Crippen LogP contribution in [0.5, 0.6) is 0 Å². The van der Waals surface area contributed by atoms with Crippen LogP contribution in [0.3, 0.4) is 0 Å². The molecule has 1 aromatic heterocycles. The van der Waals surface area contributed by atoms with E-state index in [9.17, 15) is 4.79 Å². The minimum absolute atomic E-state index is 0.0239. The van der Waals surface area contributed by atoms with Crippen molar-refractivity contribution < 1.29 is 13.9 Å². The van der Waals surface area contributed by atoms with E-state index in [0.29, 0.717) is 24.7 Å². The minimum Gasteiger partial charge on any atom is -0.448 e. The molecule has 0 bridgehead atoms. The summed E-state index contributed by atoms with van der Waals surface area (Å²) in [5, 5.41) is 0. The number of rotatable bonds is 3. The third-order valence-corrected chi connectivity index (χ3v) is 4.60. The van der Waals surface area contributed by atoms with Crippen molar-refractivity contribution in [2.75, 3.05) is 39.9 Å². The van der Waals surface area contributed by atoms with Gasteiger partial charge in [-0.05, 0) is 19.9 Å². The van der Waals surface area contributed by atoms with Crippen LogP contribution in [-0.4, -0.2) is 66.1 Å². The molecule has 6 nitrogen and oxygen atoms in total. The highest BCUT2D eigenvalue weighted by Crippen LogP contribution is 2.29. The number of aromatic nitrogens is 1. The number of aryl methyl sites for hydroxylation is 1. The lowest BCUT2D eigenvalue weighted by Crippen LogP contribution is -2.62. The monoisotopic (exact) mass is 293 g/mol. The van der Waals surface area contributed by atoms with Gasteiger partial charge in [0.05, 0.1) is 12.1 Å². The van der Waals surface area contributed by atoms with Gasteiger partial charge in [-0.2, -0.15) is 0 Å². The third-order valence-electron chi connectivity index (χ3n) is 4.60. The van der Waals surface area contributed by atoms with Gasteiger partial charge in [-0.15, -0.1) is 0 Å². The van der Waals surface area contributed by atoms with Crippen molar-refractivity contribution in [3.63, 3.8) is 0 Å². The van der Waals surface area contributed by atoms with Gasteiger partial charge in [0.15, 0.2) is 11.6 Å². The fourth-order valence-electron chi connectivity index (χ4n) is 3.16. The number of carbonyl (C=O) groups excluding carboxylic acids is 1. The first-order chi connectivity index (χ1) is 10.1. The molecule has 1 unspecified atom stereocenters. The van der Waals surface area contributed by atoms with E-state index < -0.39 is 0 Å². The summed E-state index contributed by atoms with van der Waals surface area (Å²) < 4.78 is 10.9. The zero-order valence-electron chi connectivity index (χ0n) is 12.8. The quantitative estimate of drug-likeness (QED) is 0.837. The van der Waals surface area contributed by atoms with Crippen LogP contribution >= 0.6 is 0 Å². The number of ether oxygens (including phenoxy) is 1. The first kappa shape index (κ1) is 14.5. The molecule has 0 aromatic carbocycles. The molecule has 1 atom stereocenters. The van der Waals surface area contributed by atoms with Crippen molar-refractivity contribution in [1.29, 1.82) is 0 Å². The van der Waals surface area contributed by atoms with Crippen LogP contribution < -0.4 is 0 Å². The van der Waals surface area contributed by atoms with E-state index in [1.54, 1.807) is 0 Å². The molecule has 2 aliphatic heterocycles. The Kier molecular flexibility index (Phi) is 3.99. The summed E-state index contributed by atoms with van der Waals surface area (Å²) in [5.41, 5.74) is 0.404.